The molecule has 3 N–H and O–H groups in total. The van der Waals surface area contributed by atoms with Crippen LogP contribution in [-0.4, -0.2) is 16.9 Å². The fourth-order valence-corrected chi connectivity index (χ4v) is 3.25. The van der Waals surface area contributed by atoms with Crippen LogP contribution in [0.1, 0.15) is 33.6 Å². The largest absolute Gasteiger partial charge is 0.397 e. The van der Waals surface area contributed by atoms with E-state index in [1.807, 2.05) is 11.8 Å². The minimum absolute atomic E-state index is 0.0799. The molecule has 1 unspecified atom stereocenters. The summed E-state index contributed by atoms with van der Waals surface area (Å²) >= 11 is 13.8. The summed E-state index contributed by atoms with van der Waals surface area (Å²) in [7, 11) is 0. The van der Waals surface area contributed by atoms with Gasteiger partial charge in [-0.2, -0.15) is 11.8 Å². The van der Waals surface area contributed by atoms with Gasteiger partial charge in [-0.3, -0.25) is 4.79 Å². The van der Waals surface area contributed by atoms with Crippen molar-refractivity contribution in [2.75, 3.05) is 16.8 Å². The molecule has 6 heteroatoms. The van der Waals surface area contributed by atoms with Crippen molar-refractivity contribution in [3.63, 3.8) is 0 Å². The van der Waals surface area contributed by atoms with Crippen molar-refractivity contribution in [1.82, 2.24) is 0 Å². The monoisotopic (exact) mass is 348 g/mol. The van der Waals surface area contributed by atoms with Crippen molar-refractivity contribution in [3.8, 4) is 0 Å². The van der Waals surface area contributed by atoms with Gasteiger partial charge in [0.05, 0.1) is 16.4 Å². The summed E-state index contributed by atoms with van der Waals surface area (Å²) in [5.41, 5.74) is 6.63. The molecule has 3 nitrogen and oxygen atoms in total. The van der Waals surface area contributed by atoms with Crippen LogP contribution in [0.2, 0.25) is 10.0 Å². The van der Waals surface area contributed by atoms with Crippen molar-refractivity contribution in [1.29, 1.82) is 0 Å². The van der Waals surface area contributed by atoms with Crippen LogP contribution in [0.15, 0.2) is 12.1 Å². The fourth-order valence-electron chi connectivity index (χ4n) is 1.62. The van der Waals surface area contributed by atoms with Gasteiger partial charge in [-0.25, -0.2) is 0 Å². The SMILES string of the molecule is CC(C)C(C)SCCCC(=O)Nc1c(N)cc(Cl)cc1Cl. The number of halogens is 2. The Kier molecular flexibility index (Phi) is 7.71. The Morgan fingerprint density at radius 3 is 2.57 bits per heavy atom. The van der Waals surface area contributed by atoms with Gasteiger partial charge >= 0.3 is 0 Å². The third kappa shape index (κ3) is 6.37. The van der Waals surface area contributed by atoms with E-state index in [9.17, 15) is 4.79 Å². The molecule has 0 bridgehead atoms. The quantitative estimate of drug-likeness (QED) is 0.534. The first-order valence-electron chi connectivity index (χ1n) is 6.97. The Hall–Kier alpha value is -0.580. The van der Waals surface area contributed by atoms with Crippen molar-refractivity contribution in [2.24, 2.45) is 5.92 Å². The maximum atomic E-state index is 11.9. The number of thioether (sulfide) groups is 1. The molecule has 0 saturated heterocycles. The van der Waals surface area contributed by atoms with E-state index < -0.39 is 0 Å². The van der Waals surface area contributed by atoms with Crippen molar-refractivity contribution < 1.29 is 4.79 Å². The second-order valence-corrected chi connectivity index (χ2v) is 7.65. The van der Waals surface area contributed by atoms with E-state index in [-0.39, 0.29) is 5.91 Å². The second-order valence-electron chi connectivity index (χ2n) is 5.32. The van der Waals surface area contributed by atoms with Gasteiger partial charge in [0.15, 0.2) is 0 Å². The highest BCUT2D eigenvalue weighted by atomic mass is 35.5. The number of nitrogens with one attached hydrogen (secondary N) is 1. The summed E-state index contributed by atoms with van der Waals surface area (Å²) in [6, 6.07) is 3.14. The molecule has 0 aliphatic carbocycles. The van der Waals surface area contributed by atoms with Gasteiger partial charge in [0.2, 0.25) is 5.91 Å². The Morgan fingerprint density at radius 2 is 2.00 bits per heavy atom. The summed E-state index contributed by atoms with van der Waals surface area (Å²) in [6.45, 7) is 6.62. The maximum Gasteiger partial charge on any atom is 0.224 e. The molecular formula is C15H22Cl2N2OS. The smallest absolute Gasteiger partial charge is 0.224 e. The molecule has 1 atom stereocenters. The van der Waals surface area contributed by atoms with E-state index in [1.165, 1.54) is 0 Å². The summed E-state index contributed by atoms with van der Waals surface area (Å²) in [6.07, 6.45) is 1.29. The Labute approximate surface area is 140 Å². The highest BCUT2D eigenvalue weighted by Crippen LogP contribution is 2.32. The van der Waals surface area contributed by atoms with Gasteiger partial charge in [-0.15, -0.1) is 0 Å². The first-order valence-corrected chi connectivity index (χ1v) is 8.77. The van der Waals surface area contributed by atoms with Gasteiger partial charge in [0.1, 0.15) is 0 Å². The van der Waals surface area contributed by atoms with Gasteiger partial charge < -0.3 is 11.1 Å². The van der Waals surface area contributed by atoms with Crippen LogP contribution >= 0.6 is 35.0 Å². The number of carbonyl (C=O) groups excluding carboxylic acids is 1. The topological polar surface area (TPSA) is 55.1 Å². The number of hydrogen-bond donors (Lipinski definition) is 2. The van der Waals surface area contributed by atoms with Gasteiger partial charge in [-0.05, 0) is 30.2 Å². The zero-order chi connectivity index (χ0) is 16.0. The first-order chi connectivity index (χ1) is 9.81. The number of hydrogen-bond acceptors (Lipinski definition) is 3. The lowest BCUT2D eigenvalue weighted by atomic mass is 10.2. The fraction of sp³-hybridized carbons (Fsp3) is 0.533. The van der Waals surface area contributed by atoms with Crippen LogP contribution in [0.25, 0.3) is 0 Å². The van der Waals surface area contributed by atoms with E-state index in [2.05, 4.69) is 26.1 Å². The second kappa shape index (κ2) is 8.76. The van der Waals surface area contributed by atoms with E-state index in [4.69, 9.17) is 28.9 Å². The molecule has 0 aliphatic rings. The van der Waals surface area contributed by atoms with Gasteiger partial charge in [0.25, 0.3) is 0 Å². The van der Waals surface area contributed by atoms with Crippen LogP contribution in [0.3, 0.4) is 0 Å². The van der Waals surface area contributed by atoms with Crippen LogP contribution in [0, 0.1) is 5.92 Å². The van der Waals surface area contributed by atoms with Gasteiger partial charge in [0, 0.05) is 16.7 Å². The minimum atomic E-state index is -0.0799. The molecule has 0 aliphatic heterocycles. The van der Waals surface area contributed by atoms with Gasteiger partial charge in [-0.1, -0.05) is 44.0 Å². The molecule has 1 aromatic rings. The summed E-state index contributed by atoms with van der Waals surface area (Å²) in [5.74, 6) is 1.54. The third-order valence-corrected chi connectivity index (χ3v) is 5.33. The molecule has 0 heterocycles. The molecule has 21 heavy (non-hydrogen) atoms. The zero-order valence-electron chi connectivity index (χ0n) is 12.6. The Morgan fingerprint density at radius 1 is 1.33 bits per heavy atom. The number of carbonyl (C=O) groups is 1. The van der Waals surface area contributed by atoms with Crippen LogP contribution in [-0.2, 0) is 4.79 Å². The number of benzene rings is 1. The lowest BCUT2D eigenvalue weighted by molar-refractivity contribution is -0.116. The number of anilines is 2. The molecule has 0 saturated carbocycles. The number of nitrogen functional groups attached to an aromatic ring is 1. The van der Waals surface area contributed by atoms with E-state index in [1.54, 1.807) is 12.1 Å². The van der Waals surface area contributed by atoms with Crippen LogP contribution < -0.4 is 11.1 Å². The summed E-state index contributed by atoms with van der Waals surface area (Å²) in [5, 5.41) is 4.17. The molecule has 0 aromatic heterocycles. The minimum Gasteiger partial charge on any atom is -0.397 e. The lowest BCUT2D eigenvalue weighted by Gasteiger charge is -2.14. The van der Waals surface area contributed by atoms with E-state index >= 15 is 0 Å². The highest BCUT2D eigenvalue weighted by molar-refractivity contribution is 7.99. The lowest BCUT2D eigenvalue weighted by Crippen LogP contribution is -2.14. The van der Waals surface area contributed by atoms with Crippen molar-refractivity contribution in [2.45, 2.75) is 38.9 Å². The van der Waals surface area contributed by atoms with Crippen LogP contribution in [0.4, 0.5) is 11.4 Å². The first kappa shape index (κ1) is 18.5. The molecule has 1 aromatic carbocycles. The predicted molar refractivity (Wildman–Crippen MR) is 95.5 cm³/mol. The molecular weight excluding hydrogens is 327 g/mol. The highest BCUT2D eigenvalue weighted by Gasteiger charge is 2.11. The summed E-state index contributed by atoms with van der Waals surface area (Å²) in [4.78, 5) is 11.9. The zero-order valence-corrected chi connectivity index (χ0v) is 14.9. The molecule has 0 spiro atoms. The normalized spacial score (nSPS) is 12.5. The summed E-state index contributed by atoms with van der Waals surface area (Å²) < 4.78 is 0. The molecule has 0 radical (unpaired) electrons. The van der Waals surface area contributed by atoms with Crippen LogP contribution in [0.5, 0.6) is 0 Å². The predicted octanol–water partition coefficient (Wildman–Crippen LogP) is 5.07. The third-order valence-electron chi connectivity index (χ3n) is 3.22. The average molecular weight is 349 g/mol. The Bertz CT molecular complexity index is 472. The average Bonchev–Trinajstić information content (AvgIpc) is 2.38. The van der Waals surface area contributed by atoms with Crippen molar-refractivity contribution in [3.05, 3.63) is 22.2 Å². The van der Waals surface area contributed by atoms with E-state index in [0.717, 1.165) is 12.2 Å². The molecule has 1 amide bonds. The Balaban J connectivity index is 2.41. The molecule has 1 rings (SSSR count). The molecule has 118 valence electrons. The standard InChI is InChI=1S/C15H22Cl2N2OS/c1-9(2)10(3)21-6-4-5-14(20)19-15-12(17)7-11(16)8-13(15)18/h7-10H,4-6,18H2,1-3H3,(H,19,20). The number of amides is 1. The van der Waals surface area contributed by atoms with E-state index in [0.29, 0.717) is 39.0 Å². The number of nitrogens with two attached hydrogens (primary N) is 1. The molecule has 0 fully saturated rings. The number of rotatable bonds is 7. The maximum absolute atomic E-state index is 11.9. The van der Waals surface area contributed by atoms with Crippen molar-refractivity contribution >= 4 is 52.2 Å².